The van der Waals surface area contributed by atoms with Crippen LogP contribution in [0.3, 0.4) is 0 Å². The molecule has 4 fully saturated rings. The Morgan fingerprint density at radius 2 is 1.68 bits per heavy atom. The van der Waals surface area contributed by atoms with E-state index in [2.05, 4.69) is 58.6 Å². The highest BCUT2D eigenvalue weighted by Crippen LogP contribution is 2.58. The zero-order valence-corrected chi connectivity index (χ0v) is 26.2. The number of carbonyl (C=O) groups excluding carboxylic acids is 2. The van der Waals surface area contributed by atoms with E-state index in [4.69, 9.17) is 14.2 Å². The summed E-state index contributed by atoms with van der Waals surface area (Å²) in [7, 11) is 0. The van der Waals surface area contributed by atoms with Crippen LogP contribution in [0.5, 0.6) is 0 Å². The minimum absolute atomic E-state index is 0.00792. The largest absolute Gasteiger partial charge is 0.508 e. The first-order valence-electron chi connectivity index (χ1n) is 15.8. The molecule has 0 aromatic heterocycles. The van der Waals surface area contributed by atoms with Crippen LogP contribution in [0.1, 0.15) is 106 Å². The molecule has 0 unspecified atom stereocenters. The monoisotopic (exact) mass is 554 g/mol. The van der Waals surface area contributed by atoms with Crippen LogP contribution in [0.2, 0.25) is 0 Å². The normalized spacial score (nSPS) is 31.7. The molecule has 4 aliphatic rings. The molecule has 0 N–H and O–H groups in total. The van der Waals surface area contributed by atoms with Crippen molar-refractivity contribution in [3.63, 3.8) is 0 Å². The van der Waals surface area contributed by atoms with Gasteiger partial charge in [0, 0.05) is 6.42 Å². The molecule has 0 amide bonds. The first-order chi connectivity index (χ1) is 19.0. The summed E-state index contributed by atoms with van der Waals surface area (Å²) in [4.78, 5) is 24.1. The van der Waals surface area contributed by atoms with Gasteiger partial charge < -0.3 is 14.2 Å². The molecule has 40 heavy (non-hydrogen) atoms. The van der Waals surface area contributed by atoms with Crippen LogP contribution in [0.4, 0.5) is 4.79 Å². The van der Waals surface area contributed by atoms with E-state index in [0.29, 0.717) is 35.5 Å². The molecule has 1 saturated heterocycles. The number of esters is 1. The van der Waals surface area contributed by atoms with Gasteiger partial charge in [-0.1, -0.05) is 90.0 Å². The number of allylic oxidation sites excluding steroid dienone is 6. The van der Waals surface area contributed by atoms with Crippen molar-refractivity contribution < 1.29 is 23.8 Å². The molecular formula is C35H54O5. The molecule has 0 spiro atoms. The highest BCUT2D eigenvalue weighted by atomic mass is 16.7. The molecule has 3 aliphatic carbocycles. The molecule has 1 heterocycles. The molecule has 0 bridgehead atoms. The summed E-state index contributed by atoms with van der Waals surface area (Å²) < 4.78 is 15.8. The van der Waals surface area contributed by atoms with E-state index < -0.39 is 11.6 Å². The summed E-state index contributed by atoms with van der Waals surface area (Å²) in [5.41, 5.74) is 3.35. The van der Waals surface area contributed by atoms with Gasteiger partial charge in [0.2, 0.25) is 0 Å². The Labute approximate surface area is 243 Å². The highest BCUT2D eigenvalue weighted by Gasteiger charge is 2.48. The van der Waals surface area contributed by atoms with E-state index in [1.807, 2.05) is 13.8 Å². The average molecular weight is 555 g/mol. The Morgan fingerprint density at radius 3 is 2.35 bits per heavy atom. The lowest BCUT2D eigenvalue weighted by atomic mass is 9.60. The maximum absolute atomic E-state index is 12.9. The first kappa shape index (κ1) is 32.2. The van der Waals surface area contributed by atoms with Gasteiger partial charge in [0.15, 0.2) is 0 Å². The van der Waals surface area contributed by atoms with Gasteiger partial charge in [0.25, 0.3) is 0 Å². The topological polar surface area (TPSA) is 61.8 Å². The van der Waals surface area contributed by atoms with Crippen LogP contribution in [0.25, 0.3) is 0 Å². The van der Waals surface area contributed by atoms with E-state index in [-0.39, 0.29) is 25.3 Å². The number of carbonyl (C=O) groups is 2. The van der Waals surface area contributed by atoms with Crippen molar-refractivity contribution in [1.82, 2.24) is 0 Å². The summed E-state index contributed by atoms with van der Waals surface area (Å²) in [6.45, 7) is 19.4. The van der Waals surface area contributed by atoms with Crippen molar-refractivity contribution in [2.75, 3.05) is 13.2 Å². The molecule has 0 radical (unpaired) electrons. The summed E-state index contributed by atoms with van der Waals surface area (Å²) in [5.74, 6) is 2.16. The predicted octanol–water partition coefficient (Wildman–Crippen LogP) is 9.15. The van der Waals surface area contributed by atoms with Crippen LogP contribution in [-0.2, 0) is 19.0 Å². The summed E-state index contributed by atoms with van der Waals surface area (Å²) in [6.07, 6.45) is 18.7. The zero-order valence-electron chi connectivity index (χ0n) is 26.2. The zero-order chi connectivity index (χ0) is 29.5. The predicted molar refractivity (Wildman–Crippen MR) is 162 cm³/mol. The lowest BCUT2D eigenvalue weighted by Crippen LogP contribution is -2.45. The van der Waals surface area contributed by atoms with Gasteiger partial charge in [-0.3, -0.25) is 4.79 Å². The fourth-order valence-electron chi connectivity index (χ4n) is 6.89. The Kier molecular flexibility index (Phi) is 11.3. The Balaban J connectivity index is 0.00000216. The van der Waals surface area contributed by atoms with Gasteiger partial charge in [0.1, 0.15) is 24.7 Å². The van der Waals surface area contributed by atoms with Crippen LogP contribution < -0.4 is 0 Å². The Hall–Kier alpha value is -2.30. The second kappa shape index (κ2) is 14.0. The van der Waals surface area contributed by atoms with Crippen molar-refractivity contribution in [2.45, 2.75) is 112 Å². The second-order valence-corrected chi connectivity index (χ2v) is 13.0. The number of fused-ring (bicyclic) bond motifs is 1. The van der Waals surface area contributed by atoms with E-state index >= 15 is 0 Å². The van der Waals surface area contributed by atoms with Crippen molar-refractivity contribution in [3.05, 3.63) is 47.6 Å². The van der Waals surface area contributed by atoms with Gasteiger partial charge in [-0.25, -0.2) is 4.79 Å². The molecule has 0 aromatic carbocycles. The quantitative estimate of drug-likeness (QED) is 0.232. The molecule has 5 nitrogen and oxygen atoms in total. The first-order valence-corrected chi connectivity index (χ1v) is 15.8. The smallest absolute Gasteiger partial charge is 0.461 e. The third-order valence-electron chi connectivity index (χ3n) is 10.00. The van der Waals surface area contributed by atoms with E-state index in [1.165, 1.54) is 44.1 Å². The maximum atomic E-state index is 12.9. The number of hydrogen-bond donors (Lipinski definition) is 0. The third-order valence-corrected chi connectivity index (χ3v) is 10.00. The van der Waals surface area contributed by atoms with Crippen LogP contribution in [0.15, 0.2) is 47.6 Å². The van der Waals surface area contributed by atoms with Crippen molar-refractivity contribution in [2.24, 2.45) is 34.5 Å². The second-order valence-electron chi connectivity index (χ2n) is 13.0. The highest BCUT2D eigenvalue weighted by molar-refractivity contribution is 5.78. The molecule has 1 aliphatic heterocycles. The van der Waals surface area contributed by atoms with Gasteiger partial charge >= 0.3 is 12.1 Å². The van der Waals surface area contributed by atoms with Crippen molar-refractivity contribution in [1.29, 1.82) is 0 Å². The number of rotatable bonds is 7. The van der Waals surface area contributed by atoms with E-state index in [1.54, 1.807) is 12.5 Å². The molecule has 5 heteroatoms. The molecule has 0 aromatic rings. The van der Waals surface area contributed by atoms with Gasteiger partial charge in [0.05, 0.1) is 0 Å². The fraction of sp³-hybridized carbons (Fsp3) is 0.714. The average Bonchev–Trinajstić information content (AvgIpc) is 3.40. The molecule has 5 atom stereocenters. The standard InChI is InChI=1S/C33H48O5.C2H6/c1-22(2)23(3)11-13-25(5)33-17-7-9-26(29(33)10-8-18-33)14-15-27-19-28(16-12-24(27)4)38-30(34)32(6)20-36-31(35)37-21-32;1-2/h11,13-15,22-23,25,28-29H,4,7-10,12,16-21H2,1-3,5-6H3;1-2H3/b13-11+,26-14+,27-15-;/t23-,25+,28-,29-,33+;/m0./s1. The minimum atomic E-state index is -0.958. The Bertz CT molecular complexity index is 991. The van der Waals surface area contributed by atoms with Crippen molar-refractivity contribution >= 4 is 12.1 Å². The van der Waals surface area contributed by atoms with Crippen molar-refractivity contribution in [3.8, 4) is 0 Å². The lowest BCUT2D eigenvalue weighted by Gasteiger charge is -2.45. The SMILES string of the molecule is C=C1CC[C@H](OC(=O)C2(C)COC(=O)OC2)C/C1=C/C=C1\CCC[C@]2([C@H](C)/C=C/[C@H](C)C(C)C)CCC[C@@H]12.CC. The molecular weight excluding hydrogens is 500 g/mol. The third kappa shape index (κ3) is 7.31. The van der Waals surface area contributed by atoms with Crippen LogP contribution in [0, 0.1) is 34.5 Å². The summed E-state index contributed by atoms with van der Waals surface area (Å²) in [5, 5.41) is 0. The van der Waals surface area contributed by atoms with E-state index in [0.717, 1.165) is 18.4 Å². The van der Waals surface area contributed by atoms with Gasteiger partial charge in [-0.2, -0.15) is 0 Å². The van der Waals surface area contributed by atoms with Crippen LogP contribution >= 0.6 is 0 Å². The van der Waals surface area contributed by atoms with Gasteiger partial charge in [-0.15, -0.1) is 0 Å². The summed E-state index contributed by atoms with van der Waals surface area (Å²) in [6, 6.07) is 0. The maximum Gasteiger partial charge on any atom is 0.508 e. The van der Waals surface area contributed by atoms with E-state index in [9.17, 15) is 9.59 Å². The van der Waals surface area contributed by atoms with Gasteiger partial charge in [-0.05, 0) is 86.5 Å². The fourth-order valence-corrected chi connectivity index (χ4v) is 6.89. The number of ether oxygens (including phenoxy) is 3. The molecule has 4 rings (SSSR count). The number of cyclic esters (lactones) is 2. The van der Waals surface area contributed by atoms with Crippen LogP contribution in [-0.4, -0.2) is 31.4 Å². The summed E-state index contributed by atoms with van der Waals surface area (Å²) >= 11 is 0. The molecule has 3 saturated carbocycles. The minimum Gasteiger partial charge on any atom is -0.461 e. The Morgan fingerprint density at radius 1 is 1.00 bits per heavy atom. The number of hydrogen-bond acceptors (Lipinski definition) is 5. The molecule has 224 valence electrons. The lowest BCUT2D eigenvalue weighted by molar-refractivity contribution is -0.172.